The van der Waals surface area contributed by atoms with Gasteiger partial charge in [0, 0.05) is 23.1 Å². The van der Waals surface area contributed by atoms with Gasteiger partial charge >= 0.3 is 0 Å². The van der Waals surface area contributed by atoms with Gasteiger partial charge in [-0.2, -0.15) is 5.26 Å². The van der Waals surface area contributed by atoms with Crippen LogP contribution in [0, 0.1) is 18.3 Å². The van der Waals surface area contributed by atoms with Crippen LogP contribution < -0.4 is 0 Å². The number of carbonyl (C=O) groups is 1. The van der Waals surface area contributed by atoms with Gasteiger partial charge in [0.2, 0.25) is 11.5 Å². The molecule has 6 heteroatoms. The quantitative estimate of drug-likeness (QED) is 0.757. The van der Waals surface area contributed by atoms with Crippen LogP contribution in [0.4, 0.5) is 0 Å². The van der Waals surface area contributed by atoms with Crippen molar-refractivity contribution in [2.24, 2.45) is 0 Å². The summed E-state index contributed by atoms with van der Waals surface area (Å²) >= 11 is 1.31. The summed E-state index contributed by atoms with van der Waals surface area (Å²) < 4.78 is 5.15. The van der Waals surface area contributed by atoms with Crippen LogP contribution in [0.5, 0.6) is 0 Å². The van der Waals surface area contributed by atoms with Crippen molar-refractivity contribution >= 4 is 17.1 Å². The van der Waals surface area contributed by atoms with Crippen molar-refractivity contribution in [2.75, 3.05) is 0 Å². The van der Waals surface area contributed by atoms with E-state index < -0.39 is 5.92 Å². The number of Topliss-reactive ketones (excluding diaryl/α,β-unsaturated/α-hetero) is 1. The van der Waals surface area contributed by atoms with Crippen LogP contribution in [-0.4, -0.2) is 15.9 Å². The fourth-order valence-electron chi connectivity index (χ4n) is 2.18. The maximum Gasteiger partial charge on any atom is 0.224 e. The predicted molar refractivity (Wildman–Crippen MR) is 79.4 cm³/mol. The number of nitrogens with zero attached hydrogens (tertiary/aromatic N) is 3. The number of carbonyl (C=O) groups excluding carboxylic acids is 1. The molecular weight excluding hydrogens is 286 g/mol. The maximum atomic E-state index is 12.4. The minimum absolute atomic E-state index is 0.135. The van der Waals surface area contributed by atoms with Gasteiger partial charge in [0.1, 0.15) is 5.01 Å². The van der Waals surface area contributed by atoms with E-state index in [2.05, 4.69) is 24.0 Å². The van der Waals surface area contributed by atoms with Gasteiger partial charge in [0.15, 0.2) is 5.92 Å². The van der Waals surface area contributed by atoms with Crippen LogP contribution in [0.25, 0.3) is 0 Å². The van der Waals surface area contributed by atoms with Gasteiger partial charge in [0.05, 0.1) is 11.8 Å². The van der Waals surface area contributed by atoms with Crippen molar-refractivity contribution in [2.45, 2.75) is 45.4 Å². The molecule has 110 valence electrons. The first-order chi connectivity index (χ1) is 10.1. The van der Waals surface area contributed by atoms with Crippen molar-refractivity contribution in [3.05, 3.63) is 33.6 Å². The van der Waals surface area contributed by atoms with Crippen LogP contribution in [-0.2, 0) is 0 Å². The van der Waals surface area contributed by atoms with E-state index in [1.54, 1.807) is 6.07 Å². The summed E-state index contributed by atoms with van der Waals surface area (Å²) in [5.74, 6) is -0.892. The molecular formula is C15H17N3O2S. The molecule has 2 aromatic rings. The first kappa shape index (κ1) is 15.4. The number of aryl methyl sites for hydroxylation is 1. The molecule has 21 heavy (non-hydrogen) atoms. The van der Waals surface area contributed by atoms with Crippen molar-refractivity contribution in [1.82, 2.24) is 10.1 Å². The molecule has 2 aromatic heterocycles. The lowest BCUT2D eigenvalue weighted by Crippen LogP contribution is -2.10. The van der Waals surface area contributed by atoms with Gasteiger partial charge in [-0.05, 0) is 19.8 Å². The number of ketones is 1. The Kier molecular flexibility index (Phi) is 4.86. The number of hydrogen-bond donors (Lipinski definition) is 0. The Morgan fingerprint density at radius 3 is 2.71 bits per heavy atom. The van der Waals surface area contributed by atoms with E-state index in [0.29, 0.717) is 5.01 Å². The zero-order chi connectivity index (χ0) is 15.4. The lowest BCUT2D eigenvalue weighted by Gasteiger charge is -2.06. The van der Waals surface area contributed by atoms with E-state index in [1.807, 2.05) is 18.4 Å². The third kappa shape index (κ3) is 3.19. The zero-order valence-corrected chi connectivity index (χ0v) is 13.1. The van der Waals surface area contributed by atoms with Gasteiger partial charge < -0.3 is 4.52 Å². The third-order valence-corrected chi connectivity index (χ3v) is 4.48. The maximum absolute atomic E-state index is 12.4. The molecule has 0 aromatic carbocycles. The topological polar surface area (TPSA) is 79.8 Å². The largest absolute Gasteiger partial charge is 0.353 e. The van der Waals surface area contributed by atoms with E-state index in [-0.39, 0.29) is 17.5 Å². The molecule has 0 bridgehead atoms. The Bertz CT molecular complexity index is 665. The van der Waals surface area contributed by atoms with Gasteiger partial charge in [-0.15, -0.1) is 11.3 Å². The Labute approximate surface area is 127 Å². The van der Waals surface area contributed by atoms with E-state index in [9.17, 15) is 10.1 Å². The van der Waals surface area contributed by atoms with Gasteiger partial charge in [0.25, 0.3) is 0 Å². The van der Waals surface area contributed by atoms with Crippen LogP contribution in [0.15, 0.2) is 16.0 Å². The molecule has 5 nitrogen and oxygen atoms in total. The van der Waals surface area contributed by atoms with Gasteiger partial charge in [-0.3, -0.25) is 4.79 Å². The number of nitriles is 1. The van der Waals surface area contributed by atoms with E-state index in [4.69, 9.17) is 4.52 Å². The number of thiazole rings is 1. The molecule has 0 saturated carbocycles. The molecule has 0 radical (unpaired) electrons. The highest BCUT2D eigenvalue weighted by atomic mass is 32.1. The summed E-state index contributed by atoms with van der Waals surface area (Å²) in [7, 11) is 0. The predicted octanol–water partition coefficient (Wildman–Crippen LogP) is 3.83. The Balaban J connectivity index is 2.25. The summed E-state index contributed by atoms with van der Waals surface area (Å²) in [5, 5.41) is 15.6. The smallest absolute Gasteiger partial charge is 0.224 e. The second-order valence-corrected chi connectivity index (χ2v) is 5.77. The average molecular weight is 303 g/mol. The molecule has 0 unspecified atom stereocenters. The van der Waals surface area contributed by atoms with Crippen LogP contribution in [0.1, 0.15) is 65.5 Å². The first-order valence-corrected chi connectivity index (χ1v) is 7.81. The second kappa shape index (κ2) is 6.64. The van der Waals surface area contributed by atoms with E-state index in [1.165, 1.54) is 11.3 Å². The molecule has 0 aliphatic carbocycles. The normalized spacial score (nSPS) is 12.3. The SMILES string of the molecule is CCC(CC)c1cc(C(=O)[C@H](C#N)c2nc(C)cs2)on1. The Hall–Kier alpha value is -2.00. The van der Waals surface area contributed by atoms with Crippen molar-refractivity contribution in [3.63, 3.8) is 0 Å². The molecule has 0 N–H and O–H groups in total. The van der Waals surface area contributed by atoms with E-state index >= 15 is 0 Å². The standard InChI is InChI=1S/C15H17N3O2S/c1-4-10(5-2)12-6-13(20-18-12)14(19)11(7-16)15-17-9(3)8-21-15/h6,8,10-11H,4-5H2,1-3H3/t11-/m0/s1. The molecule has 2 rings (SSSR count). The summed E-state index contributed by atoms with van der Waals surface area (Å²) in [5.41, 5.74) is 1.58. The molecule has 0 amide bonds. The minimum atomic E-state index is -0.925. The summed E-state index contributed by atoms with van der Waals surface area (Å²) in [6, 6.07) is 3.66. The third-order valence-electron chi connectivity index (χ3n) is 3.45. The molecule has 0 spiro atoms. The molecule has 0 saturated heterocycles. The van der Waals surface area contributed by atoms with Gasteiger partial charge in [-0.1, -0.05) is 19.0 Å². The Morgan fingerprint density at radius 1 is 1.48 bits per heavy atom. The minimum Gasteiger partial charge on any atom is -0.353 e. The summed E-state index contributed by atoms with van der Waals surface area (Å²) in [4.78, 5) is 16.6. The number of rotatable bonds is 6. The van der Waals surface area contributed by atoms with Crippen LogP contribution >= 0.6 is 11.3 Å². The molecule has 0 fully saturated rings. The Morgan fingerprint density at radius 2 is 2.19 bits per heavy atom. The highest BCUT2D eigenvalue weighted by molar-refractivity contribution is 7.10. The zero-order valence-electron chi connectivity index (χ0n) is 12.3. The van der Waals surface area contributed by atoms with Crippen LogP contribution in [0.2, 0.25) is 0 Å². The number of hydrogen-bond acceptors (Lipinski definition) is 6. The number of aromatic nitrogens is 2. The summed E-state index contributed by atoms with van der Waals surface area (Å²) in [6.45, 7) is 5.97. The fourth-order valence-corrected chi connectivity index (χ4v) is 3.01. The highest BCUT2D eigenvalue weighted by Crippen LogP contribution is 2.27. The average Bonchev–Trinajstić information content (AvgIpc) is 3.11. The first-order valence-electron chi connectivity index (χ1n) is 6.93. The fraction of sp³-hybridized carbons (Fsp3) is 0.467. The molecule has 0 aliphatic heterocycles. The van der Waals surface area contributed by atoms with Crippen molar-refractivity contribution in [1.29, 1.82) is 5.26 Å². The molecule has 0 aliphatic rings. The lowest BCUT2D eigenvalue weighted by molar-refractivity contribution is 0.0942. The van der Waals surface area contributed by atoms with Crippen molar-refractivity contribution in [3.8, 4) is 6.07 Å². The van der Waals surface area contributed by atoms with Crippen LogP contribution in [0.3, 0.4) is 0 Å². The monoisotopic (exact) mass is 303 g/mol. The molecule has 1 atom stereocenters. The lowest BCUT2D eigenvalue weighted by atomic mass is 9.98. The van der Waals surface area contributed by atoms with Gasteiger partial charge in [-0.25, -0.2) is 4.98 Å². The summed E-state index contributed by atoms with van der Waals surface area (Å²) in [6.07, 6.45) is 1.87. The van der Waals surface area contributed by atoms with Crippen molar-refractivity contribution < 1.29 is 9.32 Å². The molecule has 2 heterocycles. The second-order valence-electron chi connectivity index (χ2n) is 4.88. The highest BCUT2D eigenvalue weighted by Gasteiger charge is 2.28. The van der Waals surface area contributed by atoms with E-state index in [0.717, 1.165) is 24.2 Å².